The van der Waals surface area contributed by atoms with Gasteiger partial charge in [-0.1, -0.05) is 0 Å². The molecule has 0 radical (unpaired) electrons. The van der Waals surface area contributed by atoms with Gasteiger partial charge in [0, 0.05) is 5.92 Å². The molecular weight excluding hydrogens is 264 g/mol. The van der Waals surface area contributed by atoms with Crippen LogP contribution >= 0.6 is 11.3 Å². The molecule has 1 atom stereocenters. The van der Waals surface area contributed by atoms with Gasteiger partial charge >= 0.3 is 0 Å². The third-order valence-electron chi connectivity index (χ3n) is 3.14. The summed E-state index contributed by atoms with van der Waals surface area (Å²) in [5.41, 5.74) is 2.59. The molecule has 0 aromatic carbocycles. The van der Waals surface area contributed by atoms with Crippen LogP contribution in [0.15, 0.2) is 28.3 Å². The summed E-state index contributed by atoms with van der Waals surface area (Å²) in [5, 5.41) is 12.1. The second-order valence-corrected chi connectivity index (χ2v) is 5.42. The summed E-state index contributed by atoms with van der Waals surface area (Å²) in [6.45, 7) is -0.198. The molecule has 0 saturated heterocycles. The molecule has 0 aliphatic heterocycles. The van der Waals surface area contributed by atoms with E-state index < -0.39 is 6.04 Å². The van der Waals surface area contributed by atoms with Gasteiger partial charge in [0.15, 0.2) is 0 Å². The Morgan fingerprint density at radius 3 is 3.11 bits per heavy atom. The van der Waals surface area contributed by atoms with Crippen molar-refractivity contribution >= 4 is 17.2 Å². The summed E-state index contributed by atoms with van der Waals surface area (Å²) in [6.07, 6.45) is 3.73. The first-order valence-electron chi connectivity index (χ1n) is 6.18. The van der Waals surface area contributed by atoms with Gasteiger partial charge in [0.2, 0.25) is 0 Å². The smallest absolute Gasteiger partial charge is 0.263 e. The van der Waals surface area contributed by atoms with E-state index in [1.54, 1.807) is 17.6 Å². The van der Waals surface area contributed by atoms with Crippen molar-refractivity contribution in [3.63, 3.8) is 0 Å². The third kappa shape index (κ3) is 2.54. The lowest BCUT2D eigenvalue weighted by atomic mass is 10.2. The molecule has 1 amide bonds. The molecule has 3 rings (SSSR count). The van der Waals surface area contributed by atoms with E-state index in [2.05, 4.69) is 10.3 Å². The molecule has 100 valence electrons. The molecule has 6 heteroatoms. The third-order valence-corrected chi connectivity index (χ3v) is 3.98. The molecule has 2 N–H and O–H groups in total. The number of aromatic nitrogens is 1. The fourth-order valence-electron chi connectivity index (χ4n) is 1.99. The number of nitrogens with zero attached hydrogens (tertiary/aromatic N) is 1. The highest BCUT2D eigenvalue weighted by Gasteiger charge is 2.31. The maximum absolute atomic E-state index is 12.2. The number of hydrogen-bond donors (Lipinski definition) is 2. The standard InChI is InChI=1S/C13H14N2O3S/c16-6-9(10-2-1-5-18-10)15-13(17)12-11(8-3-4-8)14-7-19-12/h1-2,5,7-9,16H,3-4,6H2,(H,15,17). The number of hydrogen-bond acceptors (Lipinski definition) is 5. The minimum atomic E-state index is -0.517. The van der Waals surface area contributed by atoms with Gasteiger partial charge in [-0.25, -0.2) is 4.98 Å². The average Bonchev–Trinajstić information content (AvgIpc) is 2.96. The monoisotopic (exact) mass is 278 g/mol. The molecule has 1 unspecified atom stereocenters. The van der Waals surface area contributed by atoms with Gasteiger partial charge in [-0.15, -0.1) is 11.3 Å². The highest BCUT2D eigenvalue weighted by molar-refractivity contribution is 7.11. The Balaban J connectivity index is 1.75. The Bertz CT molecular complexity index is 560. The molecule has 1 saturated carbocycles. The lowest BCUT2D eigenvalue weighted by Crippen LogP contribution is -2.30. The summed E-state index contributed by atoms with van der Waals surface area (Å²) in [5.74, 6) is 0.788. The van der Waals surface area contributed by atoms with Crippen molar-refractivity contribution in [3.05, 3.63) is 40.2 Å². The fraction of sp³-hybridized carbons (Fsp3) is 0.385. The lowest BCUT2D eigenvalue weighted by molar-refractivity contribution is 0.0910. The maximum atomic E-state index is 12.2. The summed E-state index contributed by atoms with van der Waals surface area (Å²) < 4.78 is 5.21. The van der Waals surface area contributed by atoms with Crippen molar-refractivity contribution in [1.29, 1.82) is 0 Å². The van der Waals surface area contributed by atoms with Crippen LogP contribution in [0.25, 0.3) is 0 Å². The summed E-state index contributed by atoms with van der Waals surface area (Å²) in [6, 6.07) is 2.94. The van der Waals surface area contributed by atoms with Crippen molar-refractivity contribution in [2.24, 2.45) is 0 Å². The van der Waals surface area contributed by atoms with Crippen LogP contribution in [0.5, 0.6) is 0 Å². The van der Waals surface area contributed by atoms with Gasteiger partial charge in [-0.3, -0.25) is 4.79 Å². The topological polar surface area (TPSA) is 75.4 Å². The Morgan fingerprint density at radius 1 is 1.63 bits per heavy atom. The Labute approximate surface area is 114 Å². The molecule has 2 aromatic rings. The van der Waals surface area contributed by atoms with E-state index in [0.29, 0.717) is 16.6 Å². The Hall–Kier alpha value is -1.66. The van der Waals surface area contributed by atoms with Crippen LogP contribution in [-0.2, 0) is 0 Å². The molecule has 0 spiro atoms. The van der Waals surface area contributed by atoms with Gasteiger partial charge in [-0.2, -0.15) is 0 Å². The quantitative estimate of drug-likeness (QED) is 0.878. The molecule has 1 fully saturated rings. The van der Waals surface area contributed by atoms with Gasteiger partial charge in [0.25, 0.3) is 5.91 Å². The number of carbonyl (C=O) groups is 1. The van der Waals surface area contributed by atoms with Crippen molar-refractivity contribution in [1.82, 2.24) is 10.3 Å². The number of amides is 1. The number of nitrogens with one attached hydrogen (secondary N) is 1. The van der Waals surface area contributed by atoms with Crippen LogP contribution < -0.4 is 5.32 Å². The predicted molar refractivity (Wildman–Crippen MR) is 70.1 cm³/mol. The van der Waals surface area contributed by atoms with Crippen LogP contribution in [0.1, 0.15) is 45.9 Å². The van der Waals surface area contributed by atoms with Crippen LogP contribution in [0.2, 0.25) is 0 Å². The SMILES string of the molecule is O=C(NC(CO)c1ccco1)c1scnc1C1CC1. The van der Waals surface area contributed by atoms with Crippen molar-refractivity contribution in [2.75, 3.05) is 6.61 Å². The molecular formula is C13H14N2O3S. The zero-order chi connectivity index (χ0) is 13.2. The van der Waals surface area contributed by atoms with E-state index >= 15 is 0 Å². The summed E-state index contributed by atoms with van der Waals surface area (Å²) in [4.78, 5) is 17.1. The molecule has 1 aliphatic rings. The zero-order valence-electron chi connectivity index (χ0n) is 10.2. The predicted octanol–water partition coefficient (Wildman–Crippen LogP) is 2.08. The molecule has 19 heavy (non-hydrogen) atoms. The second kappa shape index (κ2) is 5.14. The lowest BCUT2D eigenvalue weighted by Gasteiger charge is -2.13. The average molecular weight is 278 g/mol. The van der Waals surface area contributed by atoms with Crippen molar-refractivity contribution < 1.29 is 14.3 Å². The summed E-state index contributed by atoms with van der Waals surface area (Å²) >= 11 is 1.34. The first-order chi connectivity index (χ1) is 9.29. The van der Waals surface area contributed by atoms with E-state index in [1.807, 2.05) is 0 Å². The first kappa shape index (κ1) is 12.4. The largest absolute Gasteiger partial charge is 0.467 e. The van der Waals surface area contributed by atoms with Gasteiger partial charge in [-0.05, 0) is 25.0 Å². The molecule has 5 nitrogen and oxygen atoms in total. The maximum Gasteiger partial charge on any atom is 0.263 e. The number of aliphatic hydroxyl groups is 1. The van der Waals surface area contributed by atoms with Gasteiger partial charge < -0.3 is 14.8 Å². The number of aliphatic hydroxyl groups excluding tert-OH is 1. The van der Waals surface area contributed by atoms with Crippen molar-refractivity contribution in [2.45, 2.75) is 24.8 Å². The Kier molecular flexibility index (Phi) is 3.35. The van der Waals surface area contributed by atoms with Gasteiger partial charge in [0.1, 0.15) is 16.7 Å². The second-order valence-electron chi connectivity index (χ2n) is 4.57. The Morgan fingerprint density at radius 2 is 2.47 bits per heavy atom. The van der Waals surface area contributed by atoms with E-state index in [-0.39, 0.29) is 12.5 Å². The molecule has 0 bridgehead atoms. The van der Waals surface area contributed by atoms with E-state index in [0.717, 1.165) is 18.5 Å². The van der Waals surface area contributed by atoms with Crippen molar-refractivity contribution in [3.8, 4) is 0 Å². The zero-order valence-corrected chi connectivity index (χ0v) is 11.0. The number of carbonyl (C=O) groups excluding carboxylic acids is 1. The number of thiazole rings is 1. The van der Waals surface area contributed by atoms with E-state index in [9.17, 15) is 9.90 Å². The highest BCUT2D eigenvalue weighted by atomic mass is 32.1. The normalized spacial score (nSPS) is 16.3. The van der Waals surface area contributed by atoms with Crippen LogP contribution in [-0.4, -0.2) is 22.6 Å². The van der Waals surface area contributed by atoms with Crippen LogP contribution in [0.4, 0.5) is 0 Å². The summed E-state index contributed by atoms with van der Waals surface area (Å²) in [7, 11) is 0. The highest BCUT2D eigenvalue weighted by Crippen LogP contribution is 2.41. The van der Waals surface area contributed by atoms with Crippen LogP contribution in [0.3, 0.4) is 0 Å². The van der Waals surface area contributed by atoms with Crippen LogP contribution in [0, 0.1) is 0 Å². The minimum absolute atomic E-state index is 0.195. The molecule has 2 heterocycles. The number of furan rings is 1. The van der Waals surface area contributed by atoms with Gasteiger partial charge in [0.05, 0.1) is 24.1 Å². The fourth-order valence-corrected chi connectivity index (χ4v) is 2.77. The molecule has 2 aromatic heterocycles. The van der Waals surface area contributed by atoms with E-state index in [4.69, 9.17) is 4.42 Å². The molecule has 1 aliphatic carbocycles. The first-order valence-corrected chi connectivity index (χ1v) is 7.06. The van der Waals surface area contributed by atoms with E-state index in [1.165, 1.54) is 17.6 Å². The minimum Gasteiger partial charge on any atom is -0.467 e. The number of rotatable bonds is 5.